The molecule has 3 rings (SSSR count). The van der Waals surface area contributed by atoms with Gasteiger partial charge in [0.1, 0.15) is 6.61 Å². The van der Waals surface area contributed by atoms with Gasteiger partial charge in [-0.05, 0) is 18.2 Å². The van der Waals surface area contributed by atoms with Crippen LogP contribution in [0.5, 0.6) is 11.5 Å². The van der Waals surface area contributed by atoms with Crippen LogP contribution in [0.1, 0.15) is 16.1 Å². The lowest BCUT2D eigenvalue weighted by Crippen LogP contribution is -2.16. The van der Waals surface area contributed by atoms with Crippen LogP contribution in [0.25, 0.3) is 0 Å². The molecular weight excluding hydrogens is 334 g/mol. The fourth-order valence-corrected chi connectivity index (χ4v) is 2.23. The first kappa shape index (κ1) is 17.2. The lowest BCUT2D eigenvalue weighted by Gasteiger charge is -2.13. The lowest BCUT2D eigenvalue weighted by atomic mass is 10.2. The summed E-state index contributed by atoms with van der Waals surface area (Å²) in [5.74, 6) is 0.637. The van der Waals surface area contributed by atoms with E-state index >= 15 is 0 Å². The number of benzene rings is 1. The van der Waals surface area contributed by atoms with Crippen LogP contribution in [0.2, 0.25) is 0 Å². The first-order chi connectivity index (χ1) is 12.7. The summed E-state index contributed by atoms with van der Waals surface area (Å²) >= 11 is 0. The zero-order valence-electron chi connectivity index (χ0n) is 14.0. The number of carbonyl (C=O) groups is 1. The minimum absolute atomic E-state index is 0.0566. The Bertz CT molecular complexity index is 902. The molecule has 1 aromatic carbocycles. The quantitative estimate of drug-likeness (QED) is 0.700. The van der Waals surface area contributed by atoms with Crippen LogP contribution in [0.3, 0.4) is 0 Å². The Morgan fingerprint density at radius 1 is 1.15 bits per heavy atom. The van der Waals surface area contributed by atoms with Crippen molar-refractivity contribution < 1.29 is 14.3 Å². The maximum absolute atomic E-state index is 12.3. The second-order valence-electron chi connectivity index (χ2n) is 5.26. The molecule has 0 bridgehead atoms. The Morgan fingerprint density at radius 3 is 2.73 bits per heavy atom. The van der Waals surface area contributed by atoms with Gasteiger partial charge in [0.25, 0.3) is 5.91 Å². The third kappa shape index (κ3) is 4.04. The highest BCUT2D eigenvalue weighted by molar-refractivity contribution is 6.05. The molecular formula is C18H17N5O3. The molecule has 0 aliphatic carbocycles. The van der Waals surface area contributed by atoms with Crippen LogP contribution in [0.4, 0.5) is 11.5 Å². The van der Waals surface area contributed by atoms with E-state index in [1.54, 1.807) is 37.7 Å². The standard InChI is InChI=1S/C18H17N5O3/c1-25-14-5-4-13(23-18(24)16-17(19)22-8-7-21-16)9-15(14)26-11-12-3-2-6-20-10-12/h2-10H,11H2,1H3,(H2,19,22)(H,23,24). The third-order valence-electron chi connectivity index (χ3n) is 3.48. The second kappa shape index (κ2) is 7.93. The largest absolute Gasteiger partial charge is 0.493 e. The van der Waals surface area contributed by atoms with Gasteiger partial charge in [-0.2, -0.15) is 0 Å². The van der Waals surface area contributed by atoms with E-state index in [1.165, 1.54) is 12.4 Å². The van der Waals surface area contributed by atoms with Crippen molar-refractivity contribution in [1.29, 1.82) is 0 Å². The molecule has 8 nitrogen and oxygen atoms in total. The fourth-order valence-electron chi connectivity index (χ4n) is 2.23. The van der Waals surface area contributed by atoms with Crippen molar-refractivity contribution in [3.63, 3.8) is 0 Å². The minimum Gasteiger partial charge on any atom is -0.493 e. The molecule has 0 aliphatic heterocycles. The second-order valence-corrected chi connectivity index (χ2v) is 5.26. The summed E-state index contributed by atoms with van der Waals surface area (Å²) in [5.41, 5.74) is 7.16. The number of hydrogen-bond donors (Lipinski definition) is 2. The number of methoxy groups -OCH3 is 1. The molecule has 0 atom stereocenters. The maximum Gasteiger partial charge on any atom is 0.278 e. The first-order valence-electron chi connectivity index (χ1n) is 7.75. The Morgan fingerprint density at radius 2 is 2.00 bits per heavy atom. The molecule has 0 radical (unpaired) electrons. The van der Waals surface area contributed by atoms with E-state index in [-0.39, 0.29) is 11.5 Å². The number of ether oxygens (including phenoxy) is 2. The van der Waals surface area contributed by atoms with Gasteiger partial charge >= 0.3 is 0 Å². The normalized spacial score (nSPS) is 10.2. The predicted octanol–water partition coefficient (Wildman–Crippen LogP) is 2.29. The minimum atomic E-state index is -0.459. The average Bonchev–Trinajstić information content (AvgIpc) is 2.67. The van der Waals surface area contributed by atoms with Crippen LogP contribution >= 0.6 is 0 Å². The van der Waals surface area contributed by atoms with Crippen LogP contribution in [-0.2, 0) is 6.61 Å². The van der Waals surface area contributed by atoms with Gasteiger partial charge in [0.2, 0.25) is 0 Å². The molecule has 3 aromatic rings. The van der Waals surface area contributed by atoms with Gasteiger partial charge in [0, 0.05) is 42.1 Å². The number of pyridine rings is 1. The van der Waals surface area contributed by atoms with Gasteiger partial charge in [-0.1, -0.05) is 6.07 Å². The van der Waals surface area contributed by atoms with E-state index in [0.29, 0.717) is 23.8 Å². The van der Waals surface area contributed by atoms with Crippen molar-refractivity contribution in [3.05, 3.63) is 66.4 Å². The summed E-state index contributed by atoms with van der Waals surface area (Å²) in [6.07, 6.45) is 6.24. The highest BCUT2D eigenvalue weighted by Crippen LogP contribution is 2.31. The molecule has 1 amide bonds. The van der Waals surface area contributed by atoms with E-state index in [4.69, 9.17) is 15.2 Å². The van der Waals surface area contributed by atoms with E-state index < -0.39 is 5.91 Å². The summed E-state index contributed by atoms with van der Waals surface area (Å²) in [5, 5.41) is 2.72. The molecule has 26 heavy (non-hydrogen) atoms. The van der Waals surface area contributed by atoms with E-state index in [0.717, 1.165) is 5.56 Å². The van der Waals surface area contributed by atoms with Gasteiger partial charge in [0.05, 0.1) is 7.11 Å². The summed E-state index contributed by atoms with van der Waals surface area (Å²) in [6, 6.07) is 8.80. The fraction of sp³-hybridized carbons (Fsp3) is 0.111. The molecule has 0 saturated heterocycles. The summed E-state index contributed by atoms with van der Waals surface area (Å²) < 4.78 is 11.1. The van der Waals surface area contributed by atoms with Crippen LogP contribution in [0.15, 0.2) is 55.1 Å². The summed E-state index contributed by atoms with van der Waals surface area (Å²) in [4.78, 5) is 24.1. The number of nitrogens with one attached hydrogen (secondary N) is 1. The number of rotatable bonds is 6. The number of hydrogen-bond acceptors (Lipinski definition) is 7. The van der Waals surface area contributed by atoms with Crippen molar-refractivity contribution in [3.8, 4) is 11.5 Å². The van der Waals surface area contributed by atoms with Crippen molar-refractivity contribution in [2.45, 2.75) is 6.61 Å². The third-order valence-corrected chi connectivity index (χ3v) is 3.48. The van der Waals surface area contributed by atoms with Gasteiger partial charge in [-0.25, -0.2) is 9.97 Å². The molecule has 3 N–H and O–H groups in total. The van der Waals surface area contributed by atoms with Crippen LogP contribution in [-0.4, -0.2) is 28.0 Å². The van der Waals surface area contributed by atoms with Crippen LogP contribution in [0, 0.1) is 0 Å². The van der Waals surface area contributed by atoms with E-state index in [2.05, 4.69) is 20.3 Å². The zero-order valence-corrected chi connectivity index (χ0v) is 14.0. The van der Waals surface area contributed by atoms with Crippen molar-refractivity contribution in [1.82, 2.24) is 15.0 Å². The SMILES string of the molecule is COc1ccc(NC(=O)c2nccnc2N)cc1OCc1cccnc1. The zero-order chi connectivity index (χ0) is 18.4. The number of amides is 1. The van der Waals surface area contributed by atoms with Crippen molar-refractivity contribution >= 4 is 17.4 Å². The Hall–Kier alpha value is -3.68. The molecule has 2 heterocycles. The van der Waals surface area contributed by atoms with E-state index in [9.17, 15) is 4.79 Å². The average molecular weight is 351 g/mol. The monoisotopic (exact) mass is 351 g/mol. The molecule has 0 spiro atoms. The summed E-state index contributed by atoms with van der Waals surface area (Å²) in [7, 11) is 1.55. The predicted molar refractivity (Wildman–Crippen MR) is 96.0 cm³/mol. The maximum atomic E-state index is 12.3. The molecule has 132 valence electrons. The number of aromatic nitrogens is 3. The number of nitrogen functional groups attached to an aromatic ring is 1. The topological polar surface area (TPSA) is 112 Å². The summed E-state index contributed by atoms with van der Waals surface area (Å²) in [6.45, 7) is 0.318. The van der Waals surface area contributed by atoms with Gasteiger partial charge in [-0.15, -0.1) is 0 Å². The molecule has 8 heteroatoms. The highest BCUT2D eigenvalue weighted by Gasteiger charge is 2.14. The van der Waals surface area contributed by atoms with Gasteiger partial charge < -0.3 is 20.5 Å². The molecule has 0 unspecified atom stereocenters. The smallest absolute Gasteiger partial charge is 0.278 e. The lowest BCUT2D eigenvalue weighted by molar-refractivity contribution is 0.102. The Kier molecular flexibility index (Phi) is 5.23. The van der Waals surface area contributed by atoms with E-state index in [1.807, 2.05) is 12.1 Å². The number of anilines is 2. The Balaban J connectivity index is 1.76. The number of nitrogens with two attached hydrogens (primary N) is 1. The molecule has 2 aromatic heterocycles. The molecule has 0 saturated carbocycles. The van der Waals surface area contributed by atoms with Crippen LogP contribution < -0.4 is 20.5 Å². The number of carbonyl (C=O) groups excluding carboxylic acids is 1. The van der Waals surface area contributed by atoms with Gasteiger partial charge in [0.15, 0.2) is 23.0 Å². The van der Waals surface area contributed by atoms with Crippen molar-refractivity contribution in [2.24, 2.45) is 0 Å². The highest BCUT2D eigenvalue weighted by atomic mass is 16.5. The van der Waals surface area contributed by atoms with Gasteiger partial charge in [-0.3, -0.25) is 9.78 Å². The molecule has 0 aliphatic rings. The molecule has 0 fully saturated rings. The Labute approximate surface area is 150 Å². The van der Waals surface area contributed by atoms with Crippen molar-refractivity contribution in [2.75, 3.05) is 18.2 Å². The first-order valence-corrected chi connectivity index (χ1v) is 7.75. The number of nitrogens with zero attached hydrogens (tertiary/aromatic N) is 3.